The molecule has 130 valence electrons. The summed E-state index contributed by atoms with van der Waals surface area (Å²) >= 11 is 0. The van der Waals surface area contributed by atoms with Crippen LogP contribution < -0.4 is 4.74 Å². The first-order valence-corrected chi connectivity index (χ1v) is 8.37. The zero-order chi connectivity index (χ0) is 17.3. The Morgan fingerprint density at radius 2 is 2.08 bits per heavy atom. The molecule has 2 heterocycles. The third kappa shape index (κ3) is 2.92. The van der Waals surface area contributed by atoms with Crippen LogP contribution in [-0.2, 0) is 9.53 Å². The van der Waals surface area contributed by atoms with Gasteiger partial charge in [0.2, 0.25) is 0 Å². The van der Waals surface area contributed by atoms with E-state index < -0.39 is 0 Å². The molecule has 6 nitrogen and oxygen atoms in total. The topological polar surface area (TPSA) is 59.1 Å². The summed E-state index contributed by atoms with van der Waals surface area (Å²) in [5.74, 6) is 0.648. The maximum absolute atomic E-state index is 12.5. The predicted molar refractivity (Wildman–Crippen MR) is 89.1 cm³/mol. The second-order valence-electron chi connectivity index (χ2n) is 6.63. The van der Waals surface area contributed by atoms with Crippen LogP contribution in [0.4, 0.5) is 4.79 Å². The standard InChI is InChI=1S/C18H24N2O4/c1-4-18-11-19(7-8-20(18)17(22)24-12-18)16(21)10-23-15-6-5-13(2)14(3)9-15/h5-6,9H,4,7-8,10-12H2,1-3H3. The van der Waals surface area contributed by atoms with Crippen molar-refractivity contribution in [2.24, 2.45) is 0 Å². The van der Waals surface area contributed by atoms with Crippen LogP contribution in [0, 0.1) is 13.8 Å². The summed E-state index contributed by atoms with van der Waals surface area (Å²) in [6.45, 7) is 7.98. The van der Waals surface area contributed by atoms with Crippen molar-refractivity contribution in [2.45, 2.75) is 32.7 Å². The van der Waals surface area contributed by atoms with Crippen LogP contribution in [0.1, 0.15) is 24.5 Å². The van der Waals surface area contributed by atoms with Crippen molar-refractivity contribution in [1.29, 1.82) is 0 Å². The van der Waals surface area contributed by atoms with E-state index in [1.807, 2.05) is 39.0 Å². The Morgan fingerprint density at radius 3 is 2.79 bits per heavy atom. The van der Waals surface area contributed by atoms with E-state index in [2.05, 4.69) is 0 Å². The van der Waals surface area contributed by atoms with Crippen molar-refractivity contribution in [3.63, 3.8) is 0 Å². The number of hydrogen-bond acceptors (Lipinski definition) is 4. The molecular weight excluding hydrogens is 308 g/mol. The maximum atomic E-state index is 12.5. The van der Waals surface area contributed by atoms with Crippen molar-refractivity contribution >= 4 is 12.0 Å². The molecule has 1 aromatic carbocycles. The quantitative estimate of drug-likeness (QED) is 0.847. The third-order valence-electron chi connectivity index (χ3n) is 5.19. The number of carbonyl (C=O) groups is 2. The summed E-state index contributed by atoms with van der Waals surface area (Å²) < 4.78 is 10.8. The molecule has 2 saturated heterocycles. The number of carbonyl (C=O) groups excluding carboxylic acids is 2. The summed E-state index contributed by atoms with van der Waals surface area (Å²) in [7, 11) is 0. The van der Waals surface area contributed by atoms with E-state index in [1.54, 1.807) is 9.80 Å². The summed E-state index contributed by atoms with van der Waals surface area (Å²) in [6, 6.07) is 5.81. The van der Waals surface area contributed by atoms with Crippen LogP contribution in [0.5, 0.6) is 5.75 Å². The molecule has 2 aliphatic rings. The zero-order valence-electron chi connectivity index (χ0n) is 14.5. The molecule has 1 atom stereocenters. The molecule has 24 heavy (non-hydrogen) atoms. The summed E-state index contributed by atoms with van der Waals surface area (Å²) in [5, 5.41) is 0. The summed E-state index contributed by atoms with van der Waals surface area (Å²) in [6.07, 6.45) is 0.496. The molecule has 0 spiro atoms. The Hall–Kier alpha value is -2.24. The molecule has 1 unspecified atom stereocenters. The van der Waals surface area contributed by atoms with E-state index in [0.717, 1.165) is 12.0 Å². The lowest BCUT2D eigenvalue weighted by atomic mass is 9.93. The Morgan fingerprint density at radius 1 is 1.29 bits per heavy atom. The second-order valence-corrected chi connectivity index (χ2v) is 6.63. The molecule has 1 aromatic rings. The maximum Gasteiger partial charge on any atom is 0.410 e. The molecule has 0 aromatic heterocycles. The molecule has 0 radical (unpaired) electrons. The number of nitrogens with zero attached hydrogens (tertiary/aromatic N) is 2. The van der Waals surface area contributed by atoms with Crippen LogP contribution >= 0.6 is 0 Å². The number of amides is 2. The van der Waals surface area contributed by atoms with Gasteiger partial charge in [-0.3, -0.25) is 9.69 Å². The molecule has 0 saturated carbocycles. The minimum absolute atomic E-state index is 0.0110. The molecule has 0 bridgehead atoms. The Balaban J connectivity index is 1.61. The van der Waals surface area contributed by atoms with Crippen molar-refractivity contribution in [3.8, 4) is 5.75 Å². The van der Waals surface area contributed by atoms with Crippen molar-refractivity contribution in [3.05, 3.63) is 29.3 Å². The summed E-state index contributed by atoms with van der Waals surface area (Å²) in [5.41, 5.74) is 1.95. The molecule has 2 aliphatic heterocycles. The van der Waals surface area contributed by atoms with Gasteiger partial charge in [-0.05, 0) is 43.5 Å². The number of benzene rings is 1. The average molecular weight is 332 g/mol. The Bertz CT molecular complexity index is 660. The smallest absolute Gasteiger partial charge is 0.410 e. The largest absolute Gasteiger partial charge is 0.484 e. The van der Waals surface area contributed by atoms with Gasteiger partial charge in [0.15, 0.2) is 6.61 Å². The van der Waals surface area contributed by atoms with Crippen LogP contribution in [0.2, 0.25) is 0 Å². The highest BCUT2D eigenvalue weighted by atomic mass is 16.6. The number of fused-ring (bicyclic) bond motifs is 1. The van der Waals surface area contributed by atoms with E-state index >= 15 is 0 Å². The van der Waals surface area contributed by atoms with Gasteiger partial charge in [-0.2, -0.15) is 0 Å². The number of aryl methyl sites for hydroxylation is 2. The van der Waals surface area contributed by atoms with Gasteiger partial charge in [-0.15, -0.1) is 0 Å². The lowest BCUT2D eigenvalue weighted by molar-refractivity contribution is -0.137. The molecule has 2 amide bonds. The molecule has 3 rings (SSSR count). The lowest BCUT2D eigenvalue weighted by Gasteiger charge is -2.44. The predicted octanol–water partition coefficient (Wildman–Crippen LogP) is 2.13. The summed E-state index contributed by atoms with van der Waals surface area (Å²) in [4.78, 5) is 27.8. The Kier molecular flexibility index (Phi) is 4.39. The number of ether oxygens (including phenoxy) is 2. The van der Waals surface area contributed by atoms with Gasteiger partial charge in [-0.1, -0.05) is 13.0 Å². The van der Waals surface area contributed by atoms with Gasteiger partial charge >= 0.3 is 6.09 Å². The molecule has 6 heteroatoms. The van der Waals surface area contributed by atoms with Gasteiger partial charge in [0, 0.05) is 19.6 Å². The van der Waals surface area contributed by atoms with E-state index in [-0.39, 0.29) is 24.1 Å². The van der Waals surface area contributed by atoms with E-state index in [9.17, 15) is 9.59 Å². The first-order chi connectivity index (χ1) is 11.4. The highest BCUT2D eigenvalue weighted by Crippen LogP contribution is 2.31. The number of hydrogen-bond donors (Lipinski definition) is 0. The van der Waals surface area contributed by atoms with Crippen molar-refractivity contribution in [1.82, 2.24) is 9.80 Å². The first kappa shape index (κ1) is 16.6. The number of piperazine rings is 1. The minimum Gasteiger partial charge on any atom is -0.484 e. The van der Waals surface area contributed by atoms with Crippen molar-refractivity contribution in [2.75, 3.05) is 32.8 Å². The van der Waals surface area contributed by atoms with Crippen LogP contribution in [0.15, 0.2) is 18.2 Å². The average Bonchev–Trinajstić information content (AvgIpc) is 2.92. The monoisotopic (exact) mass is 332 g/mol. The third-order valence-corrected chi connectivity index (χ3v) is 5.19. The highest BCUT2D eigenvalue weighted by Gasteiger charge is 2.50. The molecular formula is C18H24N2O4. The normalized spacial score (nSPS) is 23.0. The fourth-order valence-electron chi connectivity index (χ4n) is 3.32. The van der Waals surface area contributed by atoms with E-state index in [4.69, 9.17) is 9.47 Å². The van der Waals surface area contributed by atoms with Gasteiger partial charge in [0.05, 0.1) is 5.54 Å². The highest BCUT2D eigenvalue weighted by molar-refractivity contribution is 5.79. The number of cyclic esters (lactones) is 1. The zero-order valence-corrected chi connectivity index (χ0v) is 14.5. The lowest BCUT2D eigenvalue weighted by Crippen LogP contribution is -2.62. The fourth-order valence-corrected chi connectivity index (χ4v) is 3.32. The molecule has 0 N–H and O–H groups in total. The van der Waals surface area contributed by atoms with Crippen LogP contribution in [-0.4, -0.2) is 60.2 Å². The van der Waals surface area contributed by atoms with Gasteiger partial charge < -0.3 is 14.4 Å². The minimum atomic E-state index is -0.383. The van der Waals surface area contributed by atoms with Gasteiger partial charge in [0.1, 0.15) is 12.4 Å². The first-order valence-electron chi connectivity index (χ1n) is 8.37. The number of rotatable bonds is 4. The van der Waals surface area contributed by atoms with E-state index in [1.165, 1.54) is 5.56 Å². The van der Waals surface area contributed by atoms with Gasteiger partial charge in [0.25, 0.3) is 5.91 Å². The van der Waals surface area contributed by atoms with Crippen LogP contribution in [0.3, 0.4) is 0 Å². The Labute approximate surface area is 142 Å². The SMILES string of the molecule is CCC12COC(=O)N1CCN(C(=O)COc1ccc(C)c(C)c1)C2. The van der Waals surface area contributed by atoms with Gasteiger partial charge in [-0.25, -0.2) is 4.79 Å². The van der Waals surface area contributed by atoms with Crippen molar-refractivity contribution < 1.29 is 19.1 Å². The molecule has 0 aliphatic carbocycles. The molecule has 2 fully saturated rings. The second kappa shape index (κ2) is 6.34. The van der Waals surface area contributed by atoms with E-state index in [0.29, 0.717) is 32.0 Å². The van der Waals surface area contributed by atoms with Crippen LogP contribution in [0.25, 0.3) is 0 Å². The fraction of sp³-hybridized carbons (Fsp3) is 0.556.